The topological polar surface area (TPSA) is 0 Å². The summed E-state index contributed by atoms with van der Waals surface area (Å²) < 4.78 is 0. The van der Waals surface area contributed by atoms with Crippen LogP contribution in [0.25, 0.3) is 0 Å². The number of hydrogen-bond acceptors (Lipinski definition) is 0. The second-order valence-corrected chi connectivity index (χ2v) is 4.51. The van der Waals surface area contributed by atoms with Gasteiger partial charge in [-0.3, -0.25) is 0 Å². The quantitative estimate of drug-likeness (QED) is 0.295. The SMILES string of the molecule is CCC/C=C\CC/C=C\CCCCCCC. The first-order valence-electron chi connectivity index (χ1n) is 7.21. The number of unbranched alkanes of at least 4 members (excludes halogenated alkanes) is 7. The van der Waals surface area contributed by atoms with Crippen LogP contribution in [0.3, 0.4) is 0 Å². The molecule has 0 aliphatic rings. The van der Waals surface area contributed by atoms with Gasteiger partial charge in [0.2, 0.25) is 0 Å². The van der Waals surface area contributed by atoms with Crippen molar-refractivity contribution in [3.8, 4) is 0 Å². The average molecular weight is 222 g/mol. The lowest BCUT2D eigenvalue weighted by molar-refractivity contribution is 0.637. The standard InChI is InChI=1S/C16H30/c1-3-5-7-9-11-13-15-16-14-12-10-8-6-4-2/h7,9,15-16H,3-6,8,10-14H2,1-2H3/b9-7-,16-15-. The van der Waals surface area contributed by atoms with Crippen LogP contribution in [-0.2, 0) is 0 Å². The van der Waals surface area contributed by atoms with Crippen LogP contribution in [0.4, 0.5) is 0 Å². The summed E-state index contributed by atoms with van der Waals surface area (Å²) in [6.45, 7) is 4.49. The van der Waals surface area contributed by atoms with Gasteiger partial charge in [-0.1, -0.05) is 70.3 Å². The lowest BCUT2D eigenvalue weighted by Crippen LogP contribution is -1.76. The Labute approximate surface area is 103 Å². The normalized spacial score (nSPS) is 11.9. The fourth-order valence-electron chi connectivity index (χ4n) is 1.70. The highest BCUT2D eigenvalue weighted by atomic mass is 13.9. The monoisotopic (exact) mass is 222 g/mol. The van der Waals surface area contributed by atoms with Gasteiger partial charge in [0.15, 0.2) is 0 Å². The molecule has 0 aromatic heterocycles. The van der Waals surface area contributed by atoms with Gasteiger partial charge >= 0.3 is 0 Å². The molecule has 0 aromatic carbocycles. The van der Waals surface area contributed by atoms with Crippen LogP contribution in [0.5, 0.6) is 0 Å². The highest BCUT2D eigenvalue weighted by Crippen LogP contribution is 2.06. The fourth-order valence-corrected chi connectivity index (χ4v) is 1.70. The van der Waals surface area contributed by atoms with Gasteiger partial charge in [0, 0.05) is 0 Å². The van der Waals surface area contributed by atoms with E-state index in [1.807, 2.05) is 0 Å². The smallest absolute Gasteiger partial charge is 0.0316 e. The lowest BCUT2D eigenvalue weighted by atomic mass is 10.1. The van der Waals surface area contributed by atoms with E-state index in [-0.39, 0.29) is 0 Å². The van der Waals surface area contributed by atoms with E-state index in [1.165, 1.54) is 64.2 Å². The molecule has 0 radical (unpaired) electrons. The third-order valence-corrected chi connectivity index (χ3v) is 2.76. The molecule has 0 N–H and O–H groups in total. The minimum atomic E-state index is 1.21. The van der Waals surface area contributed by atoms with Crippen LogP contribution < -0.4 is 0 Å². The zero-order valence-electron chi connectivity index (χ0n) is 11.4. The van der Waals surface area contributed by atoms with Crippen molar-refractivity contribution in [2.75, 3.05) is 0 Å². The van der Waals surface area contributed by atoms with Crippen molar-refractivity contribution in [2.45, 2.75) is 78.1 Å². The maximum absolute atomic E-state index is 2.36. The Morgan fingerprint density at radius 3 is 1.69 bits per heavy atom. The molecule has 0 saturated heterocycles. The second-order valence-electron chi connectivity index (χ2n) is 4.51. The summed E-state index contributed by atoms with van der Waals surface area (Å²) in [5, 5.41) is 0. The molecule has 0 fully saturated rings. The van der Waals surface area contributed by atoms with Crippen molar-refractivity contribution < 1.29 is 0 Å². The summed E-state index contributed by atoms with van der Waals surface area (Å²) in [4.78, 5) is 0. The number of allylic oxidation sites excluding steroid dienone is 4. The first kappa shape index (κ1) is 15.5. The summed E-state index contributed by atoms with van der Waals surface area (Å²) in [7, 11) is 0. The Bertz CT molecular complexity index is 165. The predicted octanol–water partition coefficient (Wildman–Crippen LogP) is 6.04. The van der Waals surface area contributed by atoms with Gasteiger partial charge in [0.1, 0.15) is 0 Å². The fraction of sp³-hybridized carbons (Fsp3) is 0.750. The Morgan fingerprint density at radius 1 is 0.500 bits per heavy atom. The van der Waals surface area contributed by atoms with E-state index >= 15 is 0 Å². The highest BCUT2D eigenvalue weighted by Gasteiger charge is 1.86. The van der Waals surface area contributed by atoms with Crippen LogP contribution in [0, 0.1) is 0 Å². The molecule has 0 unspecified atom stereocenters. The zero-order valence-corrected chi connectivity index (χ0v) is 11.4. The van der Waals surface area contributed by atoms with Crippen molar-refractivity contribution in [1.82, 2.24) is 0 Å². The van der Waals surface area contributed by atoms with Crippen molar-refractivity contribution in [3.63, 3.8) is 0 Å². The molecule has 0 heteroatoms. The van der Waals surface area contributed by atoms with Crippen LogP contribution in [0.15, 0.2) is 24.3 Å². The van der Waals surface area contributed by atoms with E-state index < -0.39 is 0 Å². The Balaban J connectivity index is 3.10. The van der Waals surface area contributed by atoms with Crippen molar-refractivity contribution in [3.05, 3.63) is 24.3 Å². The Morgan fingerprint density at radius 2 is 1.06 bits per heavy atom. The van der Waals surface area contributed by atoms with Crippen molar-refractivity contribution in [1.29, 1.82) is 0 Å². The number of rotatable bonds is 11. The maximum atomic E-state index is 2.36. The van der Waals surface area contributed by atoms with Gasteiger partial charge in [-0.15, -0.1) is 0 Å². The summed E-state index contributed by atoms with van der Waals surface area (Å²) in [6.07, 6.45) is 22.5. The molecular formula is C16H30. The molecule has 0 nitrogen and oxygen atoms in total. The van der Waals surface area contributed by atoms with E-state index in [4.69, 9.17) is 0 Å². The molecule has 0 saturated carbocycles. The van der Waals surface area contributed by atoms with Crippen LogP contribution in [0.2, 0.25) is 0 Å². The molecule has 16 heavy (non-hydrogen) atoms. The number of hydrogen-bond donors (Lipinski definition) is 0. The molecule has 0 amide bonds. The van der Waals surface area contributed by atoms with Crippen LogP contribution >= 0.6 is 0 Å². The average Bonchev–Trinajstić information content (AvgIpc) is 2.31. The molecule has 0 aliphatic heterocycles. The molecule has 0 bridgehead atoms. The largest absolute Gasteiger partial charge is 0.0885 e. The van der Waals surface area contributed by atoms with Gasteiger partial charge in [0.25, 0.3) is 0 Å². The zero-order chi connectivity index (χ0) is 11.9. The first-order chi connectivity index (χ1) is 7.91. The van der Waals surface area contributed by atoms with Crippen molar-refractivity contribution in [2.24, 2.45) is 0 Å². The highest BCUT2D eigenvalue weighted by molar-refractivity contribution is 4.87. The van der Waals surface area contributed by atoms with Gasteiger partial charge in [-0.05, 0) is 32.1 Å². The minimum absolute atomic E-state index is 1.21. The minimum Gasteiger partial charge on any atom is -0.0885 e. The Kier molecular flexibility index (Phi) is 14.0. The summed E-state index contributed by atoms with van der Waals surface area (Å²) in [5.74, 6) is 0. The molecule has 0 spiro atoms. The summed E-state index contributed by atoms with van der Waals surface area (Å²) in [5.41, 5.74) is 0. The van der Waals surface area contributed by atoms with Gasteiger partial charge in [0.05, 0.1) is 0 Å². The maximum Gasteiger partial charge on any atom is -0.0316 e. The van der Waals surface area contributed by atoms with Gasteiger partial charge in [-0.2, -0.15) is 0 Å². The molecule has 0 rings (SSSR count). The van der Waals surface area contributed by atoms with Gasteiger partial charge in [-0.25, -0.2) is 0 Å². The third kappa shape index (κ3) is 13.5. The van der Waals surface area contributed by atoms with E-state index in [1.54, 1.807) is 0 Å². The first-order valence-corrected chi connectivity index (χ1v) is 7.21. The molecule has 0 heterocycles. The molecule has 0 atom stereocenters. The van der Waals surface area contributed by atoms with Crippen LogP contribution in [-0.4, -0.2) is 0 Å². The Hall–Kier alpha value is -0.520. The second kappa shape index (κ2) is 14.5. The van der Waals surface area contributed by atoms with Gasteiger partial charge < -0.3 is 0 Å². The molecule has 0 aliphatic carbocycles. The molecular weight excluding hydrogens is 192 g/mol. The van der Waals surface area contributed by atoms with Crippen molar-refractivity contribution >= 4 is 0 Å². The van der Waals surface area contributed by atoms with E-state index in [9.17, 15) is 0 Å². The predicted molar refractivity (Wildman–Crippen MR) is 75.8 cm³/mol. The van der Waals surface area contributed by atoms with E-state index in [2.05, 4.69) is 38.2 Å². The third-order valence-electron chi connectivity index (χ3n) is 2.76. The van der Waals surface area contributed by atoms with E-state index in [0.717, 1.165) is 0 Å². The lowest BCUT2D eigenvalue weighted by Gasteiger charge is -1.95. The van der Waals surface area contributed by atoms with E-state index in [0.29, 0.717) is 0 Å². The summed E-state index contributed by atoms with van der Waals surface area (Å²) >= 11 is 0. The molecule has 94 valence electrons. The molecule has 0 aromatic rings. The van der Waals surface area contributed by atoms with Crippen LogP contribution in [0.1, 0.15) is 78.1 Å². The summed E-state index contributed by atoms with van der Waals surface area (Å²) in [6, 6.07) is 0.